The first-order valence-electron chi connectivity index (χ1n) is 6.76. The number of halogens is 5. The van der Waals surface area contributed by atoms with Crippen LogP contribution in [-0.2, 0) is 11.0 Å². The molecule has 3 nitrogen and oxygen atoms in total. The minimum atomic E-state index is -4.61. The molecule has 2 aromatic rings. The first-order chi connectivity index (χ1) is 11.2. The van der Waals surface area contributed by atoms with Gasteiger partial charge in [0.05, 0.1) is 10.6 Å². The summed E-state index contributed by atoms with van der Waals surface area (Å²) in [7, 11) is 0. The minimum absolute atomic E-state index is 0.0294. The molecule has 0 aliphatic rings. The van der Waals surface area contributed by atoms with E-state index in [1.807, 2.05) is 0 Å². The summed E-state index contributed by atoms with van der Waals surface area (Å²) in [6.45, 7) is 1.47. The van der Waals surface area contributed by atoms with Crippen LogP contribution >= 0.6 is 23.2 Å². The van der Waals surface area contributed by atoms with E-state index in [1.54, 1.807) is 18.2 Å². The van der Waals surface area contributed by atoms with Crippen molar-refractivity contribution in [3.8, 4) is 5.75 Å². The van der Waals surface area contributed by atoms with E-state index in [-0.39, 0.29) is 5.69 Å². The van der Waals surface area contributed by atoms with E-state index in [1.165, 1.54) is 19.1 Å². The summed E-state index contributed by atoms with van der Waals surface area (Å²) < 4.78 is 43.9. The lowest BCUT2D eigenvalue weighted by Gasteiger charge is -2.16. The van der Waals surface area contributed by atoms with Crippen molar-refractivity contribution in [3.63, 3.8) is 0 Å². The average Bonchev–Trinajstić information content (AvgIpc) is 2.48. The van der Waals surface area contributed by atoms with Crippen molar-refractivity contribution in [3.05, 3.63) is 58.1 Å². The van der Waals surface area contributed by atoms with Gasteiger partial charge in [-0.2, -0.15) is 13.2 Å². The lowest BCUT2D eigenvalue weighted by Crippen LogP contribution is -2.30. The van der Waals surface area contributed by atoms with Crippen molar-refractivity contribution >= 4 is 34.8 Å². The minimum Gasteiger partial charge on any atom is -0.481 e. The number of carbonyl (C=O) groups is 1. The van der Waals surface area contributed by atoms with Gasteiger partial charge in [-0.25, -0.2) is 0 Å². The monoisotopic (exact) mass is 377 g/mol. The van der Waals surface area contributed by atoms with Crippen LogP contribution in [0.5, 0.6) is 5.75 Å². The van der Waals surface area contributed by atoms with Gasteiger partial charge in [0.1, 0.15) is 5.75 Å². The molecular formula is C16H12Cl2F3NO2. The Morgan fingerprint density at radius 3 is 2.50 bits per heavy atom. The Balaban J connectivity index is 2.09. The molecule has 0 unspecified atom stereocenters. The van der Waals surface area contributed by atoms with Crippen LogP contribution < -0.4 is 10.1 Å². The highest BCUT2D eigenvalue weighted by Gasteiger charge is 2.33. The number of hydrogen-bond acceptors (Lipinski definition) is 2. The summed E-state index contributed by atoms with van der Waals surface area (Å²) in [6, 6.07) is 9.55. The highest BCUT2D eigenvalue weighted by molar-refractivity contribution is 6.31. The summed E-state index contributed by atoms with van der Waals surface area (Å²) in [6.07, 6.45) is -5.55. The van der Waals surface area contributed by atoms with Crippen molar-refractivity contribution < 1.29 is 22.7 Å². The van der Waals surface area contributed by atoms with E-state index in [4.69, 9.17) is 27.9 Å². The molecule has 0 fully saturated rings. The first-order valence-corrected chi connectivity index (χ1v) is 7.52. The Morgan fingerprint density at radius 1 is 1.17 bits per heavy atom. The standard InChI is InChI=1S/C16H12Cl2F3NO2/c1-9(24-12-4-2-3-10(17)7-12)15(23)22-11-5-6-14(18)13(8-11)16(19,20)21/h2-9H,1H3,(H,22,23)/t9-/m0/s1. The lowest BCUT2D eigenvalue weighted by atomic mass is 10.2. The number of carbonyl (C=O) groups excluding carboxylic acids is 1. The SMILES string of the molecule is C[C@H](Oc1cccc(Cl)c1)C(=O)Nc1ccc(Cl)c(C(F)(F)F)c1. The molecule has 128 valence electrons. The third-order valence-electron chi connectivity index (χ3n) is 3.02. The van der Waals surface area contributed by atoms with Crippen LogP contribution in [0.4, 0.5) is 18.9 Å². The predicted octanol–water partition coefficient (Wildman–Crippen LogP) is 5.42. The van der Waals surface area contributed by atoms with Crippen molar-refractivity contribution in [2.45, 2.75) is 19.2 Å². The third-order valence-corrected chi connectivity index (χ3v) is 3.58. The second-order valence-electron chi connectivity index (χ2n) is 4.90. The summed E-state index contributed by atoms with van der Waals surface area (Å²) >= 11 is 11.3. The molecule has 0 saturated heterocycles. The first kappa shape index (κ1) is 18.4. The molecule has 0 heterocycles. The van der Waals surface area contributed by atoms with Crippen LogP contribution in [0, 0.1) is 0 Å². The van der Waals surface area contributed by atoms with E-state index in [2.05, 4.69) is 5.32 Å². The van der Waals surface area contributed by atoms with Gasteiger partial charge in [-0.3, -0.25) is 4.79 Å². The van der Waals surface area contributed by atoms with Crippen molar-refractivity contribution in [2.75, 3.05) is 5.32 Å². The predicted molar refractivity (Wildman–Crippen MR) is 86.6 cm³/mol. The quantitative estimate of drug-likeness (QED) is 0.772. The van der Waals surface area contributed by atoms with E-state index in [9.17, 15) is 18.0 Å². The van der Waals surface area contributed by atoms with Gasteiger partial charge in [0.25, 0.3) is 5.91 Å². The molecule has 0 saturated carbocycles. The summed E-state index contributed by atoms with van der Waals surface area (Å²) in [5, 5.41) is 2.36. The van der Waals surface area contributed by atoms with Crippen molar-refractivity contribution in [1.29, 1.82) is 0 Å². The van der Waals surface area contributed by atoms with Gasteiger partial charge in [0, 0.05) is 10.7 Å². The third kappa shape index (κ3) is 4.79. The molecule has 0 spiro atoms. The highest BCUT2D eigenvalue weighted by Crippen LogP contribution is 2.36. The van der Waals surface area contributed by atoms with Gasteiger partial charge in [-0.05, 0) is 43.3 Å². The van der Waals surface area contributed by atoms with Crippen LogP contribution in [-0.4, -0.2) is 12.0 Å². The van der Waals surface area contributed by atoms with Gasteiger partial charge in [-0.15, -0.1) is 0 Å². The van der Waals surface area contributed by atoms with Gasteiger partial charge < -0.3 is 10.1 Å². The van der Waals surface area contributed by atoms with Gasteiger partial charge in [-0.1, -0.05) is 29.3 Å². The largest absolute Gasteiger partial charge is 0.481 e. The molecule has 0 aliphatic carbocycles. The van der Waals surface area contributed by atoms with Gasteiger partial charge >= 0.3 is 6.18 Å². The normalized spacial score (nSPS) is 12.6. The fourth-order valence-corrected chi connectivity index (χ4v) is 2.27. The van der Waals surface area contributed by atoms with Crippen LogP contribution in [0.15, 0.2) is 42.5 Å². The Kier molecular flexibility index (Phi) is 5.62. The topological polar surface area (TPSA) is 38.3 Å². The zero-order valence-electron chi connectivity index (χ0n) is 12.3. The number of rotatable bonds is 4. The van der Waals surface area contributed by atoms with E-state index < -0.39 is 28.8 Å². The number of alkyl halides is 3. The Hall–Kier alpha value is -1.92. The van der Waals surface area contributed by atoms with Crippen molar-refractivity contribution in [1.82, 2.24) is 0 Å². The molecule has 2 rings (SSSR count). The molecule has 8 heteroatoms. The zero-order valence-corrected chi connectivity index (χ0v) is 13.8. The van der Waals surface area contributed by atoms with Crippen molar-refractivity contribution in [2.24, 2.45) is 0 Å². The number of amides is 1. The zero-order chi connectivity index (χ0) is 17.9. The molecule has 1 amide bonds. The molecule has 0 radical (unpaired) electrons. The summed E-state index contributed by atoms with van der Waals surface area (Å²) in [5.74, 6) is -0.234. The molecule has 0 aromatic heterocycles. The fraction of sp³-hybridized carbons (Fsp3) is 0.188. The second-order valence-corrected chi connectivity index (χ2v) is 5.74. The fourth-order valence-electron chi connectivity index (χ4n) is 1.86. The molecular weight excluding hydrogens is 366 g/mol. The Labute approximate surface area is 146 Å². The van der Waals surface area contributed by atoms with Crippen LogP contribution in [0.25, 0.3) is 0 Å². The Bertz CT molecular complexity index is 750. The van der Waals surface area contributed by atoms with Crippen LogP contribution in [0.3, 0.4) is 0 Å². The number of hydrogen-bond donors (Lipinski definition) is 1. The molecule has 0 bridgehead atoms. The maximum atomic E-state index is 12.8. The summed E-state index contributed by atoms with van der Waals surface area (Å²) in [4.78, 5) is 12.1. The van der Waals surface area contributed by atoms with Crippen LogP contribution in [0.1, 0.15) is 12.5 Å². The molecule has 24 heavy (non-hydrogen) atoms. The van der Waals surface area contributed by atoms with Gasteiger partial charge in [0.15, 0.2) is 6.10 Å². The second kappa shape index (κ2) is 7.32. The maximum Gasteiger partial charge on any atom is 0.417 e. The maximum absolute atomic E-state index is 12.8. The van der Waals surface area contributed by atoms with Gasteiger partial charge in [0.2, 0.25) is 0 Å². The number of benzene rings is 2. The molecule has 2 aromatic carbocycles. The molecule has 1 N–H and O–H groups in total. The highest BCUT2D eigenvalue weighted by atomic mass is 35.5. The van der Waals surface area contributed by atoms with E-state index in [0.29, 0.717) is 10.8 Å². The molecule has 1 atom stereocenters. The number of nitrogens with one attached hydrogen (secondary N) is 1. The smallest absolute Gasteiger partial charge is 0.417 e. The summed E-state index contributed by atoms with van der Waals surface area (Å²) in [5.41, 5.74) is -1.05. The lowest BCUT2D eigenvalue weighted by molar-refractivity contribution is -0.137. The number of ether oxygens (including phenoxy) is 1. The van der Waals surface area contributed by atoms with E-state index in [0.717, 1.165) is 12.1 Å². The van der Waals surface area contributed by atoms with E-state index >= 15 is 0 Å². The Morgan fingerprint density at radius 2 is 1.88 bits per heavy atom. The van der Waals surface area contributed by atoms with Crippen LogP contribution in [0.2, 0.25) is 10.0 Å². The number of anilines is 1. The molecule has 0 aliphatic heterocycles. The average molecular weight is 378 g/mol.